The van der Waals surface area contributed by atoms with E-state index in [0.717, 1.165) is 10.3 Å². The number of aryl methyl sites for hydroxylation is 1. The van der Waals surface area contributed by atoms with Crippen LogP contribution in [0.3, 0.4) is 0 Å². The molecule has 90 valence electrons. The molecule has 1 atom stereocenters. The zero-order valence-corrected chi connectivity index (χ0v) is 11.0. The molecule has 0 amide bonds. The van der Waals surface area contributed by atoms with Crippen molar-refractivity contribution < 1.29 is 4.39 Å². The molecule has 0 fully saturated rings. The van der Waals surface area contributed by atoms with Crippen molar-refractivity contribution in [3.8, 4) is 0 Å². The van der Waals surface area contributed by atoms with E-state index in [1.54, 1.807) is 18.3 Å². The summed E-state index contributed by atoms with van der Waals surface area (Å²) in [5.41, 5.74) is 6.62. The molecule has 2 aromatic rings. The summed E-state index contributed by atoms with van der Waals surface area (Å²) in [6.07, 6.45) is 3.94. The van der Waals surface area contributed by atoms with Gasteiger partial charge in [-0.3, -0.25) is 0 Å². The maximum Gasteiger partial charge on any atom is 0.126 e. The van der Waals surface area contributed by atoms with Crippen molar-refractivity contribution in [3.05, 3.63) is 52.3 Å². The fourth-order valence-corrected chi connectivity index (χ4v) is 2.17. The molecule has 0 aliphatic rings. The number of nitrogens with two attached hydrogens (primary N) is 1. The van der Waals surface area contributed by atoms with Crippen LogP contribution < -0.4 is 5.73 Å². The first-order valence-electron chi connectivity index (χ1n) is 5.24. The van der Waals surface area contributed by atoms with Crippen LogP contribution in [0.5, 0.6) is 0 Å². The van der Waals surface area contributed by atoms with Gasteiger partial charge >= 0.3 is 0 Å². The fraction of sp³-hybridized carbons (Fsp3) is 0.250. The van der Waals surface area contributed by atoms with Gasteiger partial charge in [0.25, 0.3) is 0 Å². The molecule has 0 spiro atoms. The third-order valence-corrected chi connectivity index (χ3v) is 3.13. The minimum atomic E-state index is -0.307. The van der Waals surface area contributed by atoms with Gasteiger partial charge in [-0.1, -0.05) is 15.9 Å². The van der Waals surface area contributed by atoms with E-state index >= 15 is 0 Å². The number of aromatic nitrogens is 2. The van der Waals surface area contributed by atoms with Crippen molar-refractivity contribution in [2.24, 2.45) is 12.8 Å². The lowest BCUT2D eigenvalue weighted by Crippen LogP contribution is -2.18. The van der Waals surface area contributed by atoms with E-state index in [1.165, 1.54) is 6.07 Å². The van der Waals surface area contributed by atoms with Crippen molar-refractivity contribution >= 4 is 15.9 Å². The summed E-state index contributed by atoms with van der Waals surface area (Å²) >= 11 is 3.32. The van der Waals surface area contributed by atoms with Crippen molar-refractivity contribution in [1.82, 2.24) is 9.55 Å². The van der Waals surface area contributed by atoms with Crippen LogP contribution in [-0.4, -0.2) is 9.55 Å². The standard InChI is InChI=1S/C12H13BrFN3/c1-17-5-4-16-12(17)11(15)7-8-6-9(13)2-3-10(8)14/h2-6,11H,7,15H2,1H3. The first-order chi connectivity index (χ1) is 8.08. The summed E-state index contributed by atoms with van der Waals surface area (Å²) < 4.78 is 16.3. The lowest BCUT2D eigenvalue weighted by molar-refractivity contribution is 0.575. The van der Waals surface area contributed by atoms with Gasteiger partial charge in [-0.15, -0.1) is 0 Å². The normalized spacial score (nSPS) is 12.7. The van der Waals surface area contributed by atoms with Gasteiger partial charge in [0.2, 0.25) is 0 Å². The molecular weight excluding hydrogens is 285 g/mol. The van der Waals surface area contributed by atoms with Gasteiger partial charge in [0.1, 0.15) is 11.6 Å². The quantitative estimate of drug-likeness (QED) is 0.946. The fourth-order valence-electron chi connectivity index (χ4n) is 1.76. The van der Waals surface area contributed by atoms with Crippen LogP contribution in [0, 0.1) is 5.82 Å². The molecule has 1 aromatic carbocycles. The number of benzene rings is 1. The molecule has 0 saturated carbocycles. The van der Waals surface area contributed by atoms with E-state index in [1.807, 2.05) is 17.8 Å². The maximum atomic E-state index is 13.6. The molecule has 0 bridgehead atoms. The predicted molar refractivity (Wildman–Crippen MR) is 67.9 cm³/mol. The largest absolute Gasteiger partial charge is 0.337 e. The molecule has 1 unspecified atom stereocenters. The average Bonchev–Trinajstić information content (AvgIpc) is 2.70. The third kappa shape index (κ3) is 2.73. The predicted octanol–water partition coefficient (Wildman–Crippen LogP) is 2.56. The van der Waals surface area contributed by atoms with Gasteiger partial charge < -0.3 is 10.3 Å². The average molecular weight is 298 g/mol. The summed E-state index contributed by atoms with van der Waals surface area (Å²) in [6, 6.07) is 4.55. The molecule has 5 heteroatoms. The summed E-state index contributed by atoms with van der Waals surface area (Å²) in [6.45, 7) is 0. The molecule has 2 N–H and O–H groups in total. The monoisotopic (exact) mass is 297 g/mol. The molecule has 17 heavy (non-hydrogen) atoms. The summed E-state index contributed by atoms with van der Waals surface area (Å²) in [4.78, 5) is 4.17. The molecular formula is C12H13BrFN3. The minimum Gasteiger partial charge on any atom is -0.337 e. The smallest absolute Gasteiger partial charge is 0.126 e. The molecule has 1 heterocycles. The first kappa shape index (κ1) is 12.3. The Morgan fingerprint density at radius 1 is 1.53 bits per heavy atom. The van der Waals surface area contributed by atoms with Crippen molar-refractivity contribution in [1.29, 1.82) is 0 Å². The Morgan fingerprint density at radius 3 is 2.94 bits per heavy atom. The lowest BCUT2D eigenvalue weighted by atomic mass is 10.1. The van der Waals surface area contributed by atoms with Gasteiger partial charge in [0.05, 0.1) is 6.04 Å². The summed E-state index contributed by atoms with van der Waals surface area (Å²) in [5, 5.41) is 0. The number of hydrogen-bond acceptors (Lipinski definition) is 2. The van der Waals surface area contributed by atoms with Crippen molar-refractivity contribution in [3.63, 3.8) is 0 Å². The number of imidazole rings is 1. The number of rotatable bonds is 3. The highest BCUT2D eigenvalue weighted by atomic mass is 79.9. The van der Waals surface area contributed by atoms with Crippen LogP contribution in [0.15, 0.2) is 35.1 Å². The second-order valence-electron chi connectivity index (χ2n) is 3.94. The Morgan fingerprint density at radius 2 is 2.29 bits per heavy atom. The minimum absolute atomic E-state index is 0.238. The Kier molecular flexibility index (Phi) is 3.59. The van der Waals surface area contributed by atoms with Crippen LogP contribution in [0.1, 0.15) is 17.4 Å². The van der Waals surface area contributed by atoms with Crippen LogP contribution in [0.2, 0.25) is 0 Å². The van der Waals surface area contributed by atoms with Gasteiger partial charge in [-0.25, -0.2) is 9.37 Å². The number of hydrogen-bond donors (Lipinski definition) is 1. The Labute approximate surface area is 108 Å². The molecule has 0 radical (unpaired) electrons. The van der Waals surface area contributed by atoms with E-state index in [9.17, 15) is 4.39 Å². The third-order valence-electron chi connectivity index (χ3n) is 2.64. The topological polar surface area (TPSA) is 43.8 Å². The second kappa shape index (κ2) is 4.98. The van der Waals surface area contributed by atoms with Crippen LogP contribution >= 0.6 is 15.9 Å². The first-order valence-corrected chi connectivity index (χ1v) is 6.04. The molecule has 2 rings (SSSR count). The van der Waals surface area contributed by atoms with Crippen LogP contribution in [0.25, 0.3) is 0 Å². The van der Waals surface area contributed by atoms with E-state index in [-0.39, 0.29) is 11.9 Å². The summed E-state index contributed by atoms with van der Waals surface area (Å²) in [7, 11) is 1.87. The Hall–Kier alpha value is -1.20. The Bertz CT molecular complexity index is 524. The van der Waals surface area contributed by atoms with Gasteiger partial charge in [0, 0.05) is 23.9 Å². The SMILES string of the molecule is Cn1ccnc1C(N)Cc1cc(Br)ccc1F. The van der Waals surface area contributed by atoms with Crippen molar-refractivity contribution in [2.45, 2.75) is 12.5 Å². The van der Waals surface area contributed by atoms with Crippen molar-refractivity contribution in [2.75, 3.05) is 0 Å². The highest BCUT2D eigenvalue weighted by molar-refractivity contribution is 9.10. The van der Waals surface area contributed by atoms with Gasteiger partial charge in [0.15, 0.2) is 0 Å². The van der Waals surface area contributed by atoms with Gasteiger partial charge in [-0.2, -0.15) is 0 Å². The Balaban J connectivity index is 2.21. The van der Waals surface area contributed by atoms with Crippen LogP contribution in [0.4, 0.5) is 4.39 Å². The lowest BCUT2D eigenvalue weighted by Gasteiger charge is -2.12. The molecule has 3 nitrogen and oxygen atoms in total. The molecule has 0 aliphatic heterocycles. The zero-order valence-electron chi connectivity index (χ0n) is 9.40. The van der Waals surface area contributed by atoms with Gasteiger partial charge in [-0.05, 0) is 30.2 Å². The molecule has 1 aromatic heterocycles. The molecule has 0 aliphatic carbocycles. The van der Waals surface area contributed by atoms with Crippen LogP contribution in [-0.2, 0) is 13.5 Å². The number of nitrogens with zero attached hydrogens (tertiary/aromatic N) is 2. The highest BCUT2D eigenvalue weighted by Gasteiger charge is 2.14. The zero-order chi connectivity index (χ0) is 12.4. The van der Waals surface area contributed by atoms with E-state index in [0.29, 0.717) is 12.0 Å². The number of halogens is 2. The maximum absolute atomic E-state index is 13.6. The van der Waals surface area contributed by atoms with E-state index in [2.05, 4.69) is 20.9 Å². The van der Waals surface area contributed by atoms with E-state index in [4.69, 9.17) is 5.73 Å². The van der Waals surface area contributed by atoms with E-state index < -0.39 is 0 Å². The summed E-state index contributed by atoms with van der Waals surface area (Å²) in [5.74, 6) is 0.516. The second-order valence-corrected chi connectivity index (χ2v) is 4.86. The highest BCUT2D eigenvalue weighted by Crippen LogP contribution is 2.20. The molecule has 0 saturated heterocycles.